The van der Waals surface area contributed by atoms with Gasteiger partial charge in [0.15, 0.2) is 0 Å². The predicted octanol–water partition coefficient (Wildman–Crippen LogP) is 5.25. The van der Waals surface area contributed by atoms with Crippen LogP contribution >= 0.6 is 11.6 Å². The Morgan fingerprint density at radius 2 is 1.78 bits per heavy atom. The minimum atomic E-state index is -0.272. The average molecular weight is 387 g/mol. The molecule has 2 amide bonds. The van der Waals surface area contributed by atoms with Gasteiger partial charge in [0.05, 0.1) is 16.6 Å². The van der Waals surface area contributed by atoms with Crippen molar-refractivity contribution in [3.05, 3.63) is 64.7 Å². The third-order valence-electron chi connectivity index (χ3n) is 4.42. The molecule has 2 aromatic carbocycles. The highest BCUT2D eigenvalue weighted by Crippen LogP contribution is 2.26. The molecular formula is C22H27ClN2O2. The van der Waals surface area contributed by atoms with E-state index >= 15 is 0 Å². The van der Waals surface area contributed by atoms with Crippen LogP contribution in [-0.4, -0.2) is 18.4 Å². The molecule has 0 aliphatic rings. The molecule has 2 aromatic rings. The maximum atomic E-state index is 12.8. The molecule has 0 aliphatic heterocycles. The topological polar surface area (TPSA) is 58.2 Å². The maximum absolute atomic E-state index is 12.8. The van der Waals surface area contributed by atoms with Crippen LogP contribution in [0, 0.1) is 5.92 Å². The first-order chi connectivity index (χ1) is 12.9. The first kappa shape index (κ1) is 21.0. The minimum absolute atomic E-state index is 0.136. The van der Waals surface area contributed by atoms with E-state index in [1.54, 1.807) is 18.2 Å². The van der Waals surface area contributed by atoms with Gasteiger partial charge < -0.3 is 10.6 Å². The van der Waals surface area contributed by atoms with Crippen molar-refractivity contribution in [1.29, 1.82) is 0 Å². The van der Waals surface area contributed by atoms with Crippen LogP contribution in [0.3, 0.4) is 0 Å². The third kappa shape index (κ3) is 6.10. The number of amides is 2. The summed E-state index contributed by atoms with van der Waals surface area (Å²) in [5.41, 5.74) is 1.88. The Labute approximate surface area is 166 Å². The van der Waals surface area contributed by atoms with Crippen LogP contribution < -0.4 is 10.6 Å². The van der Waals surface area contributed by atoms with E-state index in [4.69, 9.17) is 11.6 Å². The fourth-order valence-electron chi connectivity index (χ4n) is 2.82. The van der Waals surface area contributed by atoms with Crippen LogP contribution in [0.1, 0.15) is 55.5 Å². The Morgan fingerprint density at radius 3 is 2.41 bits per heavy atom. The fourth-order valence-corrected chi connectivity index (χ4v) is 2.98. The number of halogens is 1. The van der Waals surface area contributed by atoms with Crippen LogP contribution in [0.15, 0.2) is 48.5 Å². The zero-order valence-electron chi connectivity index (χ0n) is 16.1. The van der Waals surface area contributed by atoms with Gasteiger partial charge in [-0.2, -0.15) is 0 Å². The lowest BCUT2D eigenvalue weighted by atomic mass is 9.95. The average Bonchev–Trinajstić information content (AvgIpc) is 2.64. The molecule has 0 fully saturated rings. The summed E-state index contributed by atoms with van der Waals surface area (Å²) in [5, 5.41) is 6.18. The molecule has 0 saturated heterocycles. The van der Waals surface area contributed by atoms with E-state index in [1.165, 1.54) is 0 Å². The van der Waals surface area contributed by atoms with Crippen LogP contribution in [-0.2, 0) is 4.79 Å². The number of hydrogen-bond donors (Lipinski definition) is 2. The second kappa shape index (κ2) is 10.1. The van der Waals surface area contributed by atoms with Gasteiger partial charge in [0.25, 0.3) is 5.91 Å². The zero-order chi connectivity index (χ0) is 19.8. The molecule has 1 atom stereocenters. The number of hydrogen-bond acceptors (Lipinski definition) is 2. The van der Waals surface area contributed by atoms with E-state index in [0.29, 0.717) is 35.2 Å². The lowest BCUT2D eigenvalue weighted by Gasteiger charge is -2.17. The van der Waals surface area contributed by atoms with E-state index in [1.807, 2.05) is 37.3 Å². The number of benzene rings is 2. The van der Waals surface area contributed by atoms with Crippen molar-refractivity contribution < 1.29 is 9.59 Å². The van der Waals surface area contributed by atoms with Crippen molar-refractivity contribution in [3.63, 3.8) is 0 Å². The van der Waals surface area contributed by atoms with E-state index < -0.39 is 0 Å². The fraction of sp³-hybridized carbons (Fsp3) is 0.364. The summed E-state index contributed by atoms with van der Waals surface area (Å²) in [4.78, 5) is 25.1. The molecule has 0 spiro atoms. The van der Waals surface area contributed by atoms with Gasteiger partial charge in [0.2, 0.25) is 5.91 Å². The molecule has 4 nitrogen and oxygen atoms in total. The summed E-state index contributed by atoms with van der Waals surface area (Å²) in [6, 6.07) is 14.6. The van der Waals surface area contributed by atoms with Crippen molar-refractivity contribution in [2.45, 2.75) is 39.5 Å². The lowest BCUT2D eigenvalue weighted by Crippen LogP contribution is -2.26. The molecule has 0 saturated carbocycles. The van der Waals surface area contributed by atoms with Gasteiger partial charge in [-0.3, -0.25) is 9.59 Å². The van der Waals surface area contributed by atoms with Crippen LogP contribution in [0.2, 0.25) is 5.02 Å². The van der Waals surface area contributed by atoms with Crippen molar-refractivity contribution in [2.24, 2.45) is 5.92 Å². The normalized spacial score (nSPS) is 11.9. The third-order valence-corrected chi connectivity index (χ3v) is 4.75. The second-order valence-corrected chi connectivity index (χ2v) is 7.40. The van der Waals surface area contributed by atoms with Gasteiger partial charge in [0.1, 0.15) is 0 Å². The number of nitrogens with one attached hydrogen (secondary N) is 2. The van der Waals surface area contributed by atoms with E-state index in [0.717, 1.165) is 12.0 Å². The van der Waals surface area contributed by atoms with Gasteiger partial charge in [-0.05, 0) is 42.5 Å². The number of anilines is 1. The van der Waals surface area contributed by atoms with E-state index in [-0.39, 0.29) is 17.7 Å². The molecule has 2 N–H and O–H groups in total. The van der Waals surface area contributed by atoms with Crippen LogP contribution in [0.4, 0.5) is 5.69 Å². The van der Waals surface area contributed by atoms with Crippen LogP contribution in [0.25, 0.3) is 0 Å². The Morgan fingerprint density at radius 1 is 1.07 bits per heavy atom. The Hall–Kier alpha value is -2.33. The van der Waals surface area contributed by atoms with Crippen molar-refractivity contribution in [1.82, 2.24) is 5.32 Å². The van der Waals surface area contributed by atoms with Gasteiger partial charge >= 0.3 is 0 Å². The van der Waals surface area contributed by atoms with Gasteiger partial charge in [0, 0.05) is 12.1 Å². The maximum Gasteiger partial charge on any atom is 0.251 e. The molecular weight excluding hydrogens is 360 g/mol. The first-order valence-electron chi connectivity index (χ1n) is 9.36. The van der Waals surface area contributed by atoms with Crippen molar-refractivity contribution in [2.75, 3.05) is 11.9 Å². The zero-order valence-corrected chi connectivity index (χ0v) is 16.8. The Bertz CT molecular complexity index is 775. The number of rotatable bonds is 8. The first-order valence-corrected chi connectivity index (χ1v) is 9.73. The minimum Gasteiger partial charge on any atom is -0.352 e. The summed E-state index contributed by atoms with van der Waals surface area (Å²) in [5.74, 6) is -0.0546. The smallest absolute Gasteiger partial charge is 0.251 e. The van der Waals surface area contributed by atoms with E-state index in [2.05, 4.69) is 24.5 Å². The standard InChI is InChI=1S/C22H27ClN2O2/c1-4-18(16-8-6-5-7-9-16)22(27)25-20-14-17(10-11-19(20)23)21(26)24-13-12-15(2)3/h5-11,14-15,18H,4,12-13H2,1-3H3,(H,24,26)(H,25,27). The molecule has 1 unspecified atom stereocenters. The summed E-state index contributed by atoms with van der Waals surface area (Å²) in [6.45, 7) is 6.81. The monoisotopic (exact) mass is 386 g/mol. The van der Waals surface area contributed by atoms with Crippen molar-refractivity contribution in [3.8, 4) is 0 Å². The quantitative estimate of drug-likeness (QED) is 0.651. The largest absolute Gasteiger partial charge is 0.352 e. The molecule has 0 aromatic heterocycles. The molecule has 0 radical (unpaired) electrons. The van der Waals surface area contributed by atoms with Gasteiger partial charge in [-0.15, -0.1) is 0 Å². The highest BCUT2D eigenvalue weighted by molar-refractivity contribution is 6.34. The SMILES string of the molecule is CCC(C(=O)Nc1cc(C(=O)NCCC(C)C)ccc1Cl)c1ccccc1. The summed E-state index contributed by atoms with van der Waals surface area (Å²) in [6.07, 6.45) is 1.58. The Kier molecular flexibility index (Phi) is 7.86. The highest BCUT2D eigenvalue weighted by atomic mass is 35.5. The van der Waals surface area contributed by atoms with E-state index in [9.17, 15) is 9.59 Å². The molecule has 0 aliphatic carbocycles. The molecule has 0 heterocycles. The molecule has 0 bridgehead atoms. The molecule has 144 valence electrons. The van der Waals surface area contributed by atoms with Gasteiger partial charge in [-0.25, -0.2) is 0 Å². The second-order valence-electron chi connectivity index (χ2n) is 6.99. The molecule has 5 heteroatoms. The Balaban J connectivity index is 2.11. The number of carbonyl (C=O) groups excluding carboxylic acids is 2. The molecule has 27 heavy (non-hydrogen) atoms. The highest BCUT2D eigenvalue weighted by Gasteiger charge is 2.20. The van der Waals surface area contributed by atoms with Crippen LogP contribution in [0.5, 0.6) is 0 Å². The lowest BCUT2D eigenvalue weighted by molar-refractivity contribution is -0.117. The summed E-state index contributed by atoms with van der Waals surface area (Å²) in [7, 11) is 0. The number of carbonyl (C=O) groups is 2. The summed E-state index contributed by atoms with van der Waals surface area (Å²) < 4.78 is 0. The van der Waals surface area contributed by atoms with Crippen molar-refractivity contribution >= 4 is 29.1 Å². The summed E-state index contributed by atoms with van der Waals surface area (Å²) >= 11 is 6.24. The predicted molar refractivity (Wildman–Crippen MR) is 111 cm³/mol. The molecule has 2 rings (SSSR count). The van der Waals surface area contributed by atoms with Gasteiger partial charge in [-0.1, -0.05) is 62.7 Å².